The molecule has 0 aliphatic rings. The zero-order valence-corrected chi connectivity index (χ0v) is 14.0. The molecule has 0 bridgehead atoms. The van der Waals surface area contributed by atoms with Crippen LogP contribution in [-0.2, 0) is 6.54 Å². The van der Waals surface area contributed by atoms with E-state index < -0.39 is 0 Å². The molecule has 0 saturated carbocycles. The maximum absolute atomic E-state index is 12.7. The van der Waals surface area contributed by atoms with Gasteiger partial charge in [0.05, 0.1) is 11.5 Å². The lowest BCUT2D eigenvalue weighted by atomic mass is 10.2. The summed E-state index contributed by atoms with van der Waals surface area (Å²) in [4.78, 5) is 19.8. The van der Waals surface area contributed by atoms with Crippen LogP contribution in [0.25, 0.3) is 9.88 Å². The van der Waals surface area contributed by atoms with Gasteiger partial charge in [-0.1, -0.05) is 36.4 Å². The molecule has 1 aromatic carbocycles. The highest BCUT2D eigenvalue weighted by Gasteiger charge is 2.19. The van der Waals surface area contributed by atoms with Gasteiger partial charge in [0.25, 0.3) is 5.91 Å². The molecule has 0 aliphatic carbocycles. The molecule has 0 aliphatic heterocycles. The van der Waals surface area contributed by atoms with E-state index in [0.29, 0.717) is 18.8 Å². The first-order valence-corrected chi connectivity index (χ1v) is 8.97. The highest BCUT2D eigenvalue weighted by molar-refractivity contribution is 7.20. The molecule has 1 amide bonds. The number of thiazole rings is 1. The van der Waals surface area contributed by atoms with Crippen LogP contribution >= 0.6 is 22.7 Å². The summed E-state index contributed by atoms with van der Waals surface area (Å²) in [5.74, 6) is -0.151. The Bertz CT molecular complexity index is 754. The van der Waals surface area contributed by atoms with Gasteiger partial charge in [0.2, 0.25) is 0 Å². The quantitative estimate of drug-likeness (QED) is 0.744. The minimum atomic E-state index is -0.151. The first kappa shape index (κ1) is 15.9. The number of aliphatic hydroxyl groups excluding tert-OH is 1. The van der Waals surface area contributed by atoms with E-state index in [1.807, 2.05) is 47.8 Å². The second kappa shape index (κ2) is 7.50. The molecule has 0 fully saturated rings. The van der Waals surface area contributed by atoms with Crippen molar-refractivity contribution in [2.45, 2.75) is 6.54 Å². The van der Waals surface area contributed by atoms with E-state index in [9.17, 15) is 9.90 Å². The van der Waals surface area contributed by atoms with Gasteiger partial charge in [-0.05, 0) is 17.0 Å². The first-order chi connectivity index (χ1) is 11.3. The molecule has 3 rings (SSSR count). The number of aliphatic hydroxyl groups is 1. The van der Waals surface area contributed by atoms with Crippen molar-refractivity contribution >= 4 is 28.6 Å². The van der Waals surface area contributed by atoms with Gasteiger partial charge in [0, 0.05) is 18.5 Å². The molecule has 4 nitrogen and oxygen atoms in total. The largest absolute Gasteiger partial charge is 0.395 e. The standard InChI is InChI=1S/C17H16N2O2S2/c20-9-8-19(11-13-5-2-1-3-6-13)17(21)14-12-23-16(18-14)15-7-4-10-22-15/h1-7,10,12,20H,8-9,11H2. The summed E-state index contributed by atoms with van der Waals surface area (Å²) in [6.45, 7) is 0.687. The van der Waals surface area contributed by atoms with E-state index in [2.05, 4.69) is 4.98 Å². The number of rotatable bonds is 6. The number of thiophene rings is 1. The molecule has 3 aromatic rings. The van der Waals surface area contributed by atoms with Crippen LogP contribution in [0.3, 0.4) is 0 Å². The second-order valence-corrected chi connectivity index (χ2v) is 6.76. The number of carbonyl (C=O) groups excluding carboxylic acids is 1. The van der Waals surface area contributed by atoms with Crippen molar-refractivity contribution in [1.82, 2.24) is 9.88 Å². The number of nitrogens with zero attached hydrogens (tertiary/aromatic N) is 2. The molecule has 0 saturated heterocycles. The van der Waals surface area contributed by atoms with Gasteiger partial charge in [0.1, 0.15) is 10.7 Å². The third-order valence-corrected chi connectivity index (χ3v) is 5.21. The van der Waals surface area contributed by atoms with Crippen LogP contribution in [0.5, 0.6) is 0 Å². The van der Waals surface area contributed by atoms with Gasteiger partial charge in [-0.25, -0.2) is 4.98 Å². The average Bonchev–Trinajstić information content (AvgIpc) is 3.26. The van der Waals surface area contributed by atoms with Crippen molar-refractivity contribution in [3.05, 3.63) is 64.5 Å². The molecule has 1 N–H and O–H groups in total. The van der Waals surface area contributed by atoms with E-state index in [-0.39, 0.29) is 12.5 Å². The van der Waals surface area contributed by atoms with E-state index in [0.717, 1.165) is 15.4 Å². The summed E-state index contributed by atoms with van der Waals surface area (Å²) in [6, 6.07) is 13.7. The maximum Gasteiger partial charge on any atom is 0.273 e. The van der Waals surface area contributed by atoms with Crippen molar-refractivity contribution in [3.8, 4) is 9.88 Å². The van der Waals surface area contributed by atoms with Crippen LogP contribution in [0.1, 0.15) is 16.1 Å². The number of hydrogen-bond acceptors (Lipinski definition) is 5. The van der Waals surface area contributed by atoms with Crippen molar-refractivity contribution in [3.63, 3.8) is 0 Å². The highest BCUT2D eigenvalue weighted by atomic mass is 32.1. The van der Waals surface area contributed by atoms with Gasteiger partial charge in [-0.3, -0.25) is 4.79 Å². The molecule has 118 valence electrons. The minimum Gasteiger partial charge on any atom is -0.395 e. The summed E-state index contributed by atoms with van der Waals surface area (Å²) in [6.07, 6.45) is 0. The molecule has 6 heteroatoms. The monoisotopic (exact) mass is 344 g/mol. The molecule has 0 atom stereocenters. The zero-order chi connectivity index (χ0) is 16.1. The van der Waals surface area contributed by atoms with Gasteiger partial charge < -0.3 is 10.0 Å². The third kappa shape index (κ3) is 3.85. The summed E-state index contributed by atoms with van der Waals surface area (Å²) in [5, 5.41) is 13.9. The number of benzene rings is 1. The Morgan fingerprint density at radius 3 is 2.65 bits per heavy atom. The third-order valence-electron chi connectivity index (χ3n) is 3.33. The van der Waals surface area contributed by atoms with Crippen molar-refractivity contribution in [2.24, 2.45) is 0 Å². The Morgan fingerprint density at radius 2 is 1.96 bits per heavy atom. The fraction of sp³-hybridized carbons (Fsp3) is 0.176. The molecule has 2 heterocycles. The predicted octanol–water partition coefficient (Wildman–Crippen LogP) is 3.51. The Hall–Kier alpha value is -2.02. The molecule has 2 aromatic heterocycles. The van der Waals surface area contributed by atoms with E-state index in [1.165, 1.54) is 11.3 Å². The van der Waals surface area contributed by atoms with Crippen LogP contribution in [0.4, 0.5) is 0 Å². The second-order valence-electron chi connectivity index (χ2n) is 4.95. The molecule has 23 heavy (non-hydrogen) atoms. The van der Waals surface area contributed by atoms with Crippen molar-refractivity contribution in [1.29, 1.82) is 0 Å². The van der Waals surface area contributed by atoms with E-state index in [4.69, 9.17) is 0 Å². The number of aromatic nitrogens is 1. The van der Waals surface area contributed by atoms with Crippen LogP contribution in [-0.4, -0.2) is 34.0 Å². The summed E-state index contributed by atoms with van der Waals surface area (Å²) in [7, 11) is 0. The lowest BCUT2D eigenvalue weighted by Gasteiger charge is -2.20. The van der Waals surface area contributed by atoms with E-state index >= 15 is 0 Å². The van der Waals surface area contributed by atoms with Crippen molar-refractivity contribution in [2.75, 3.05) is 13.2 Å². The Labute approximate surface area is 142 Å². The van der Waals surface area contributed by atoms with Crippen LogP contribution in [0.15, 0.2) is 53.2 Å². The highest BCUT2D eigenvalue weighted by Crippen LogP contribution is 2.28. The fourth-order valence-corrected chi connectivity index (χ4v) is 3.83. The topological polar surface area (TPSA) is 53.4 Å². The predicted molar refractivity (Wildman–Crippen MR) is 93.7 cm³/mol. The number of hydrogen-bond donors (Lipinski definition) is 1. The van der Waals surface area contributed by atoms with Gasteiger partial charge >= 0.3 is 0 Å². The normalized spacial score (nSPS) is 10.7. The Morgan fingerprint density at radius 1 is 1.13 bits per heavy atom. The Kier molecular flexibility index (Phi) is 5.17. The SMILES string of the molecule is O=C(c1csc(-c2cccs2)n1)N(CCO)Cc1ccccc1. The summed E-state index contributed by atoms with van der Waals surface area (Å²) < 4.78 is 0. The van der Waals surface area contributed by atoms with Crippen molar-refractivity contribution < 1.29 is 9.90 Å². The number of amides is 1. The molecular weight excluding hydrogens is 328 g/mol. The molecule has 0 radical (unpaired) electrons. The van der Waals surface area contributed by atoms with Gasteiger partial charge in [-0.2, -0.15) is 0 Å². The molecule has 0 spiro atoms. The van der Waals surface area contributed by atoms with Gasteiger partial charge in [-0.15, -0.1) is 22.7 Å². The smallest absolute Gasteiger partial charge is 0.273 e. The van der Waals surface area contributed by atoms with Crippen LogP contribution < -0.4 is 0 Å². The van der Waals surface area contributed by atoms with Gasteiger partial charge in [0.15, 0.2) is 0 Å². The molecule has 0 unspecified atom stereocenters. The van der Waals surface area contributed by atoms with Crippen LogP contribution in [0.2, 0.25) is 0 Å². The average molecular weight is 344 g/mol. The zero-order valence-electron chi connectivity index (χ0n) is 12.4. The summed E-state index contributed by atoms with van der Waals surface area (Å²) in [5.41, 5.74) is 1.46. The van der Waals surface area contributed by atoms with Crippen LogP contribution in [0, 0.1) is 0 Å². The molecular formula is C17H16N2O2S2. The lowest BCUT2D eigenvalue weighted by molar-refractivity contribution is 0.0703. The summed E-state index contributed by atoms with van der Waals surface area (Å²) >= 11 is 3.07. The fourth-order valence-electron chi connectivity index (χ4n) is 2.22. The lowest BCUT2D eigenvalue weighted by Crippen LogP contribution is -2.33. The first-order valence-electron chi connectivity index (χ1n) is 7.21. The number of carbonyl (C=O) groups is 1. The Balaban J connectivity index is 1.78. The minimum absolute atomic E-state index is 0.0690. The van der Waals surface area contributed by atoms with E-state index in [1.54, 1.807) is 21.6 Å². The maximum atomic E-state index is 12.7.